The summed E-state index contributed by atoms with van der Waals surface area (Å²) in [5, 5.41) is 2.93. The van der Waals surface area contributed by atoms with Gasteiger partial charge in [0.15, 0.2) is 11.5 Å². The van der Waals surface area contributed by atoms with Gasteiger partial charge < -0.3 is 19.5 Å². The summed E-state index contributed by atoms with van der Waals surface area (Å²) < 4.78 is 41.7. The number of hydrogen-bond donors (Lipinski definition) is 1. The van der Waals surface area contributed by atoms with E-state index in [-0.39, 0.29) is 19.4 Å². The van der Waals surface area contributed by atoms with Crippen LogP contribution in [0.3, 0.4) is 0 Å². The minimum atomic E-state index is -3.69. The number of carbonyl (C=O) groups is 1. The maximum absolute atomic E-state index is 12.8. The number of amides is 1. The summed E-state index contributed by atoms with van der Waals surface area (Å²) in [5.41, 5.74) is 2.23. The molecule has 162 valence electrons. The molecule has 1 heterocycles. The van der Waals surface area contributed by atoms with Gasteiger partial charge in [-0.2, -0.15) is 0 Å². The number of sulfonamides is 1. The lowest BCUT2D eigenvalue weighted by molar-refractivity contribution is -0.120. The zero-order valence-corrected chi connectivity index (χ0v) is 18.3. The monoisotopic (exact) mass is 434 g/mol. The first kappa shape index (κ1) is 21.8. The van der Waals surface area contributed by atoms with Crippen molar-refractivity contribution in [3.63, 3.8) is 0 Å². The molecular formula is C21H26N2O6S. The van der Waals surface area contributed by atoms with Gasteiger partial charge in [0.05, 0.1) is 25.1 Å². The van der Waals surface area contributed by atoms with E-state index in [0.717, 1.165) is 27.4 Å². The molecule has 0 radical (unpaired) electrons. The van der Waals surface area contributed by atoms with Crippen molar-refractivity contribution in [1.82, 2.24) is 5.32 Å². The van der Waals surface area contributed by atoms with Crippen LogP contribution in [0.15, 0.2) is 36.4 Å². The maximum atomic E-state index is 12.8. The van der Waals surface area contributed by atoms with Crippen LogP contribution in [0.1, 0.15) is 30.5 Å². The standard InChI is InChI=1S/C21H26N2O6S/c1-5-17(15-6-8-18(27-3)14(2)10-15)22-21(24)12-23(30(4,25)26)16-7-9-19-20(11-16)29-13-28-19/h6-11,17H,5,12-13H2,1-4H3,(H,22,24)/t17-/m1/s1. The quantitative estimate of drug-likeness (QED) is 0.687. The summed E-state index contributed by atoms with van der Waals surface area (Å²) >= 11 is 0. The van der Waals surface area contributed by atoms with Gasteiger partial charge in [0.25, 0.3) is 0 Å². The number of benzene rings is 2. The van der Waals surface area contributed by atoms with Gasteiger partial charge in [0.2, 0.25) is 22.7 Å². The van der Waals surface area contributed by atoms with E-state index in [2.05, 4.69) is 5.32 Å². The molecule has 0 spiro atoms. The molecule has 8 nitrogen and oxygen atoms in total. The molecule has 0 bridgehead atoms. The Hall–Kier alpha value is -2.94. The molecule has 0 unspecified atom stereocenters. The predicted molar refractivity (Wildman–Crippen MR) is 114 cm³/mol. The van der Waals surface area contributed by atoms with Crippen LogP contribution in [-0.2, 0) is 14.8 Å². The molecule has 0 saturated heterocycles. The van der Waals surface area contributed by atoms with E-state index < -0.39 is 15.9 Å². The van der Waals surface area contributed by atoms with Gasteiger partial charge in [-0.1, -0.05) is 19.1 Å². The van der Waals surface area contributed by atoms with Crippen molar-refractivity contribution in [2.24, 2.45) is 0 Å². The van der Waals surface area contributed by atoms with Crippen LogP contribution in [0.25, 0.3) is 0 Å². The van der Waals surface area contributed by atoms with E-state index in [1.807, 2.05) is 32.0 Å². The van der Waals surface area contributed by atoms with E-state index in [4.69, 9.17) is 14.2 Å². The van der Waals surface area contributed by atoms with E-state index in [0.29, 0.717) is 23.6 Å². The molecule has 0 fully saturated rings. The Morgan fingerprint density at radius 3 is 2.57 bits per heavy atom. The fourth-order valence-electron chi connectivity index (χ4n) is 3.35. The average Bonchev–Trinajstić information content (AvgIpc) is 3.17. The van der Waals surface area contributed by atoms with E-state index >= 15 is 0 Å². The number of methoxy groups -OCH3 is 1. The normalized spacial score (nSPS) is 13.6. The molecule has 2 aromatic rings. The first-order chi connectivity index (χ1) is 14.2. The van der Waals surface area contributed by atoms with Crippen molar-refractivity contribution < 1.29 is 27.4 Å². The highest BCUT2D eigenvalue weighted by Gasteiger charge is 2.25. The molecule has 0 aliphatic carbocycles. The van der Waals surface area contributed by atoms with Crippen molar-refractivity contribution in [3.8, 4) is 17.2 Å². The largest absolute Gasteiger partial charge is 0.496 e. The second-order valence-corrected chi connectivity index (χ2v) is 8.97. The molecule has 1 amide bonds. The van der Waals surface area contributed by atoms with Gasteiger partial charge in [0.1, 0.15) is 12.3 Å². The van der Waals surface area contributed by atoms with Crippen LogP contribution in [0, 0.1) is 6.92 Å². The first-order valence-electron chi connectivity index (χ1n) is 9.54. The lowest BCUT2D eigenvalue weighted by Crippen LogP contribution is -2.41. The maximum Gasteiger partial charge on any atom is 0.241 e. The van der Waals surface area contributed by atoms with Gasteiger partial charge in [-0.25, -0.2) is 8.42 Å². The van der Waals surface area contributed by atoms with Gasteiger partial charge in [0, 0.05) is 6.07 Å². The van der Waals surface area contributed by atoms with Crippen molar-refractivity contribution in [2.45, 2.75) is 26.3 Å². The van der Waals surface area contributed by atoms with Crippen LogP contribution in [0.2, 0.25) is 0 Å². The molecule has 1 atom stereocenters. The molecule has 9 heteroatoms. The van der Waals surface area contributed by atoms with E-state index in [1.165, 1.54) is 0 Å². The molecule has 0 saturated carbocycles. The van der Waals surface area contributed by atoms with Crippen LogP contribution >= 0.6 is 0 Å². The summed E-state index contributed by atoms with van der Waals surface area (Å²) in [4.78, 5) is 12.8. The van der Waals surface area contributed by atoms with Crippen LogP contribution in [0.5, 0.6) is 17.2 Å². The molecule has 0 aromatic heterocycles. The predicted octanol–water partition coefficient (Wildman–Crippen LogP) is 2.77. The number of ether oxygens (including phenoxy) is 3. The highest BCUT2D eigenvalue weighted by Crippen LogP contribution is 2.36. The fourth-order valence-corrected chi connectivity index (χ4v) is 4.20. The van der Waals surface area contributed by atoms with Gasteiger partial charge in [-0.05, 0) is 42.7 Å². The Morgan fingerprint density at radius 1 is 1.20 bits per heavy atom. The minimum Gasteiger partial charge on any atom is -0.496 e. The van der Waals surface area contributed by atoms with Gasteiger partial charge in [-0.3, -0.25) is 9.10 Å². The molecule has 1 aliphatic heterocycles. The van der Waals surface area contributed by atoms with Crippen LogP contribution < -0.4 is 23.8 Å². The van der Waals surface area contributed by atoms with Crippen LogP contribution in [0.4, 0.5) is 5.69 Å². The molecule has 30 heavy (non-hydrogen) atoms. The Morgan fingerprint density at radius 2 is 1.93 bits per heavy atom. The molecular weight excluding hydrogens is 408 g/mol. The number of aryl methyl sites for hydroxylation is 1. The van der Waals surface area contributed by atoms with Crippen LogP contribution in [-0.4, -0.2) is 41.0 Å². The second-order valence-electron chi connectivity index (χ2n) is 7.06. The number of nitrogens with one attached hydrogen (secondary N) is 1. The number of carbonyl (C=O) groups excluding carboxylic acids is 1. The second kappa shape index (κ2) is 8.83. The molecule has 1 N–H and O–H groups in total. The summed E-state index contributed by atoms with van der Waals surface area (Å²) in [6, 6.07) is 10.2. The number of rotatable bonds is 8. The van der Waals surface area contributed by atoms with Crippen molar-refractivity contribution in [3.05, 3.63) is 47.5 Å². The number of fused-ring (bicyclic) bond motifs is 1. The number of nitrogens with zero attached hydrogens (tertiary/aromatic N) is 1. The topological polar surface area (TPSA) is 94.2 Å². The molecule has 2 aromatic carbocycles. The highest BCUT2D eigenvalue weighted by atomic mass is 32.2. The third-order valence-corrected chi connectivity index (χ3v) is 6.04. The lowest BCUT2D eigenvalue weighted by atomic mass is 10.0. The average molecular weight is 435 g/mol. The van der Waals surface area contributed by atoms with E-state index in [9.17, 15) is 13.2 Å². The minimum absolute atomic E-state index is 0.0810. The lowest BCUT2D eigenvalue weighted by Gasteiger charge is -2.24. The summed E-state index contributed by atoms with van der Waals surface area (Å²) in [6.07, 6.45) is 1.72. The van der Waals surface area contributed by atoms with Gasteiger partial charge in [-0.15, -0.1) is 0 Å². The Kier molecular flexibility index (Phi) is 6.40. The zero-order valence-electron chi connectivity index (χ0n) is 17.5. The Labute approximate surface area is 176 Å². The van der Waals surface area contributed by atoms with Crippen molar-refractivity contribution in [2.75, 3.05) is 31.0 Å². The third-order valence-electron chi connectivity index (χ3n) is 4.90. The number of hydrogen-bond acceptors (Lipinski definition) is 6. The Bertz CT molecular complexity index is 1040. The number of anilines is 1. The zero-order chi connectivity index (χ0) is 21.9. The third kappa shape index (κ3) is 4.79. The van der Waals surface area contributed by atoms with Gasteiger partial charge >= 0.3 is 0 Å². The first-order valence-corrected chi connectivity index (χ1v) is 11.4. The molecule has 1 aliphatic rings. The smallest absolute Gasteiger partial charge is 0.241 e. The molecule has 3 rings (SSSR count). The summed E-state index contributed by atoms with van der Waals surface area (Å²) in [6.45, 7) is 3.63. The SMILES string of the molecule is CC[C@@H](NC(=O)CN(c1ccc2c(c1)OCO2)S(C)(=O)=O)c1ccc(OC)c(C)c1. The highest BCUT2D eigenvalue weighted by molar-refractivity contribution is 7.92. The van der Waals surface area contributed by atoms with Crippen molar-refractivity contribution >= 4 is 21.6 Å². The summed E-state index contributed by atoms with van der Waals surface area (Å²) in [7, 11) is -2.09. The van der Waals surface area contributed by atoms with Crippen molar-refractivity contribution in [1.29, 1.82) is 0 Å². The Balaban J connectivity index is 1.78. The fraction of sp³-hybridized carbons (Fsp3) is 0.381. The van der Waals surface area contributed by atoms with E-state index in [1.54, 1.807) is 25.3 Å². The summed E-state index contributed by atoms with van der Waals surface area (Å²) in [5.74, 6) is 1.35.